The number of rotatable bonds is 8. The molecule has 7 nitrogen and oxygen atoms in total. The second-order valence-electron chi connectivity index (χ2n) is 16.7. The van der Waals surface area contributed by atoms with Gasteiger partial charge in [-0.15, -0.1) is 0 Å². The molecule has 44 heavy (non-hydrogen) atoms. The van der Waals surface area contributed by atoms with Crippen LogP contribution in [0.5, 0.6) is 0 Å². The Labute approximate surface area is 260 Å². The Morgan fingerprint density at radius 1 is 1.07 bits per heavy atom. The molecule has 2 bridgehead atoms. The van der Waals surface area contributed by atoms with Gasteiger partial charge >= 0.3 is 0 Å². The van der Waals surface area contributed by atoms with Crippen molar-refractivity contribution in [2.75, 3.05) is 11.4 Å². The quantitative estimate of drug-likeness (QED) is 0.336. The molecule has 0 radical (unpaired) electrons. The minimum Gasteiger partial charge on any atom is -0.390 e. The molecule has 5 fully saturated rings. The fourth-order valence-electron chi connectivity index (χ4n) is 9.01. The molecule has 0 atom stereocenters. The van der Waals surface area contributed by atoms with E-state index in [1.54, 1.807) is 0 Å². The maximum Gasteiger partial charge on any atom is 0.263 e. The number of halogens is 1. The summed E-state index contributed by atoms with van der Waals surface area (Å²) in [5.41, 5.74) is 0.417. The van der Waals surface area contributed by atoms with Crippen molar-refractivity contribution < 1.29 is 23.9 Å². The average molecular weight is 606 g/mol. The van der Waals surface area contributed by atoms with Crippen LogP contribution < -0.4 is 4.90 Å². The van der Waals surface area contributed by atoms with Gasteiger partial charge in [-0.05, 0) is 145 Å². The number of aromatic nitrogens is 2. The SMILES string of the molecule is CC1(O)CC(C(=O)N(CC23CCC(c4noc(C(C)(C)F)n4)(CC2)CC3)c2cccc(C3=CC4(C3)CC(C(C)(C)O)C4)c2)C1. The maximum absolute atomic E-state index is 14.5. The summed E-state index contributed by atoms with van der Waals surface area (Å²) in [6.07, 6.45) is 12.1. The predicted molar refractivity (Wildman–Crippen MR) is 166 cm³/mol. The van der Waals surface area contributed by atoms with E-state index in [2.05, 4.69) is 40.5 Å². The lowest BCUT2D eigenvalue weighted by Crippen LogP contribution is -2.54. The number of fused-ring (bicyclic) bond motifs is 3. The second kappa shape index (κ2) is 9.71. The molecule has 0 unspecified atom stereocenters. The van der Waals surface area contributed by atoms with E-state index >= 15 is 0 Å². The summed E-state index contributed by atoms with van der Waals surface area (Å²) in [4.78, 5) is 20.6. The summed E-state index contributed by atoms with van der Waals surface area (Å²) in [6, 6.07) is 8.47. The van der Waals surface area contributed by atoms with E-state index < -0.39 is 16.9 Å². The standard InChI is InChI=1S/C36H48FN3O4/c1-31(2,37)30-38-29(39-44-30)36-12-9-34(10-13-36,11-14-36)22-40(28(41)25-16-33(5,43)17-25)27-8-6-7-23(15-27)24-18-35(19-24)20-26(21-35)32(3,4)42/h6-8,15,18,25-26,42-43H,9-14,16-17,19-22H2,1-5H3. The highest BCUT2D eigenvalue weighted by atomic mass is 19.1. The lowest BCUT2D eigenvalue weighted by atomic mass is 9.50. The predicted octanol–water partition coefficient (Wildman–Crippen LogP) is 7.01. The molecule has 6 aliphatic carbocycles. The van der Waals surface area contributed by atoms with Crippen LogP contribution in [0.1, 0.15) is 123 Å². The van der Waals surface area contributed by atoms with Gasteiger partial charge in [0.25, 0.3) is 5.89 Å². The van der Waals surface area contributed by atoms with Gasteiger partial charge in [0.2, 0.25) is 5.91 Å². The Morgan fingerprint density at radius 2 is 1.70 bits per heavy atom. The molecule has 5 saturated carbocycles. The van der Waals surface area contributed by atoms with Gasteiger partial charge in [-0.1, -0.05) is 23.4 Å². The molecule has 2 aromatic rings. The Bertz CT molecular complexity index is 1460. The first-order valence-corrected chi connectivity index (χ1v) is 16.6. The number of anilines is 1. The van der Waals surface area contributed by atoms with Crippen LogP contribution in [-0.4, -0.2) is 44.0 Å². The van der Waals surface area contributed by atoms with E-state index in [0.717, 1.165) is 63.5 Å². The molecule has 8 heteroatoms. The highest BCUT2D eigenvalue weighted by Gasteiger charge is 2.54. The fourth-order valence-corrected chi connectivity index (χ4v) is 9.01. The van der Waals surface area contributed by atoms with Crippen molar-refractivity contribution in [3.05, 3.63) is 47.6 Å². The first kappa shape index (κ1) is 30.1. The van der Waals surface area contributed by atoms with Gasteiger partial charge in [0.1, 0.15) is 0 Å². The van der Waals surface area contributed by atoms with E-state index in [4.69, 9.17) is 4.52 Å². The molecule has 1 spiro atoms. The number of aliphatic hydroxyl groups is 2. The Hall–Kier alpha value is -2.58. The Balaban J connectivity index is 1.10. The number of carbonyl (C=O) groups excluding carboxylic acids is 1. The summed E-state index contributed by atoms with van der Waals surface area (Å²) >= 11 is 0. The third-order valence-electron chi connectivity index (χ3n) is 12.1. The molecular formula is C36H48FN3O4. The average Bonchev–Trinajstić information content (AvgIpc) is 3.41. The molecule has 8 rings (SSSR count). The summed E-state index contributed by atoms with van der Waals surface area (Å²) in [5, 5.41) is 25.1. The van der Waals surface area contributed by atoms with Crippen molar-refractivity contribution in [2.45, 2.75) is 128 Å². The van der Waals surface area contributed by atoms with Crippen molar-refractivity contribution >= 4 is 17.2 Å². The third-order valence-corrected chi connectivity index (χ3v) is 12.1. The van der Waals surface area contributed by atoms with Gasteiger partial charge in [0.05, 0.1) is 11.2 Å². The number of allylic oxidation sites excluding steroid dienone is 2. The number of nitrogens with zero attached hydrogens (tertiary/aromatic N) is 3. The molecule has 238 valence electrons. The van der Waals surface area contributed by atoms with Crippen LogP contribution in [0.2, 0.25) is 0 Å². The third kappa shape index (κ3) is 5.14. The largest absolute Gasteiger partial charge is 0.390 e. The maximum atomic E-state index is 14.5. The summed E-state index contributed by atoms with van der Waals surface area (Å²) in [7, 11) is 0. The van der Waals surface area contributed by atoms with Crippen molar-refractivity contribution in [1.29, 1.82) is 0 Å². The van der Waals surface area contributed by atoms with Gasteiger partial charge in [-0.25, -0.2) is 4.39 Å². The van der Waals surface area contributed by atoms with Crippen LogP contribution in [0.4, 0.5) is 10.1 Å². The van der Waals surface area contributed by atoms with Crippen LogP contribution in [0.3, 0.4) is 0 Å². The van der Waals surface area contributed by atoms with E-state index in [9.17, 15) is 19.4 Å². The topological polar surface area (TPSA) is 99.7 Å². The van der Waals surface area contributed by atoms with Crippen LogP contribution in [0.15, 0.2) is 34.9 Å². The minimum absolute atomic E-state index is 0.00341. The lowest BCUT2D eigenvalue weighted by molar-refractivity contribution is -0.137. The van der Waals surface area contributed by atoms with Gasteiger partial charge in [0, 0.05) is 23.6 Å². The summed E-state index contributed by atoms with van der Waals surface area (Å²) < 4.78 is 19.8. The van der Waals surface area contributed by atoms with Crippen LogP contribution in [0.25, 0.3) is 5.57 Å². The normalized spacial score (nSPS) is 36.3. The van der Waals surface area contributed by atoms with Gasteiger partial charge in [-0.2, -0.15) is 4.98 Å². The molecule has 1 heterocycles. The molecular weight excluding hydrogens is 557 g/mol. The van der Waals surface area contributed by atoms with Crippen molar-refractivity contribution in [2.24, 2.45) is 22.7 Å². The fraction of sp³-hybridized carbons (Fsp3) is 0.694. The number of alkyl halides is 1. The Kier molecular flexibility index (Phi) is 6.64. The lowest BCUT2D eigenvalue weighted by Gasteiger charge is -2.55. The molecule has 0 saturated heterocycles. The van der Waals surface area contributed by atoms with E-state index in [-0.39, 0.29) is 34.0 Å². The highest BCUT2D eigenvalue weighted by Crippen LogP contribution is 2.62. The van der Waals surface area contributed by atoms with Gasteiger partial charge in [0.15, 0.2) is 11.5 Å². The monoisotopic (exact) mass is 605 g/mol. The smallest absolute Gasteiger partial charge is 0.263 e. The van der Waals surface area contributed by atoms with Gasteiger partial charge in [-0.3, -0.25) is 4.79 Å². The summed E-state index contributed by atoms with van der Waals surface area (Å²) in [5.74, 6) is 0.971. The van der Waals surface area contributed by atoms with Crippen molar-refractivity contribution in [1.82, 2.24) is 10.1 Å². The van der Waals surface area contributed by atoms with E-state index in [1.807, 2.05) is 25.7 Å². The zero-order chi connectivity index (χ0) is 31.3. The minimum atomic E-state index is -1.66. The Morgan fingerprint density at radius 3 is 2.25 bits per heavy atom. The number of amides is 1. The van der Waals surface area contributed by atoms with Crippen LogP contribution >= 0.6 is 0 Å². The van der Waals surface area contributed by atoms with Crippen LogP contribution in [0, 0.1) is 22.7 Å². The zero-order valence-corrected chi connectivity index (χ0v) is 27.0. The molecule has 1 aromatic heterocycles. The number of carbonyl (C=O) groups is 1. The number of benzene rings is 1. The number of hydrogen-bond acceptors (Lipinski definition) is 6. The first-order valence-electron chi connectivity index (χ1n) is 16.6. The van der Waals surface area contributed by atoms with Crippen molar-refractivity contribution in [3.63, 3.8) is 0 Å². The summed E-state index contributed by atoms with van der Waals surface area (Å²) in [6.45, 7) is 9.19. The first-order chi connectivity index (χ1) is 20.5. The van der Waals surface area contributed by atoms with Crippen LogP contribution in [-0.2, 0) is 15.9 Å². The van der Waals surface area contributed by atoms with Gasteiger partial charge < -0.3 is 19.6 Å². The van der Waals surface area contributed by atoms with E-state index in [1.165, 1.54) is 25.0 Å². The highest BCUT2D eigenvalue weighted by molar-refractivity contribution is 5.96. The second-order valence-corrected chi connectivity index (χ2v) is 16.7. The molecule has 6 aliphatic rings. The zero-order valence-electron chi connectivity index (χ0n) is 27.0. The van der Waals surface area contributed by atoms with Crippen molar-refractivity contribution in [3.8, 4) is 0 Å². The molecule has 0 aliphatic heterocycles. The number of hydrogen-bond donors (Lipinski definition) is 2. The van der Waals surface area contributed by atoms with E-state index in [0.29, 0.717) is 31.1 Å². The molecule has 2 N–H and O–H groups in total. The molecule has 1 aromatic carbocycles. The molecule has 1 amide bonds.